The lowest BCUT2D eigenvalue weighted by atomic mass is 9.65. The van der Waals surface area contributed by atoms with Crippen molar-refractivity contribution >= 4 is 12.2 Å². The molecule has 1 rings (SSSR count). The van der Waals surface area contributed by atoms with Crippen molar-refractivity contribution in [3.05, 3.63) is 0 Å². The van der Waals surface area contributed by atoms with Crippen LogP contribution in [0.4, 0.5) is 0 Å². The van der Waals surface area contributed by atoms with Crippen molar-refractivity contribution in [2.75, 3.05) is 14.1 Å². The normalized spacial score (nSPS) is 20.8. The van der Waals surface area contributed by atoms with Gasteiger partial charge in [-0.25, -0.2) is 0 Å². The SMILES string of the molecule is CN(C)C(=O)CC(C)(C=O)C1CCC1. The maximum atomic E-state index is 11.5. The summed E-state index contributed by atoms with van der Waals surface area (Å²) in [5, 5.41) is 0. The first kappa shape index (κ1) is 11.2. The second-order valence-corrected chi connectivity index (χ2v) is 4.72. The molecular weight excluding hydrogens is 178 g/mol. The molecule has 1 amide bonds. The van der Waals surface area contributed by atoms with E-state index >= 15 is 0 Å². The van der Waals surface area contributed by atoms with E-state index in [1.54, 1.807) is 19.0 Å². The Morgan fingerprint density at radius 2 is 2.07 bits per heavy atom. The van der Waals surface area contributed by atoms with Crippen LogP contribution in [0.3, 0.4) is 0 Å². The summed E-state index contributed by atoms with van der Waals surface area (Å²) in [6, 6.07) is 0. The zero-order chi connectivity index (χ0) is 10.8. The molecule has 0 radical (unpaired) electrons. The van der Waals surface area contributed by atoms with Crippen LogP contribution in [0.1, 0.15) is 32.6 Å². The number of amides is 1. The van der Waals surface area contributed by atoms with Gasteiger partial charge in [0.25, 0.3) is 0 Å². The highest BCUT2D eigenvalue weighted by Gasteiger charge is 2.39. The van der Waals surface area contributed by atoms with Gasteiger partial charge in [-0.2, -0.15) is 0 Å². The molecule has 1 saturated carbocycles. The molecule has 1 unspecified atom stereocenters. The zero-order valence-electron chi connectivity index (χ0n) is 9.25. The number of aldehydes is 1. The number of carbonyl (C=O) groups is 2. The van der Waals surface area contributed by atoms with Gasteiger partial charge in [0, 0.05) is 25.9 Å². The molecule has 0 heterocycles. The third-order valence-electron chi connectivity index (χ3n) is 3.34. The molecule has 1 atom stereocenters. The van der Waals surface area contributed by atoms with E-state index in [-0.39, 0.29) is 5.91 Å². The van der Waals surface area contributed by atoms with Crippen LogP contribution in [0.5, 0.6) is 0 Å². The van der Waals surface area contributed by atoms with E-state index < -0.39 is 5.41 Å². The smallest absolute Gasteiger partial charge is 0.223 e. The number of carbonyl (C=O) groups excluding carboxylic acids is 2. The van der Waals surface area contributed by atoms with Crippen molar-refractivity contribution in [2.24, 2.45) is 11.3 Å². The van der Waals surface area contributed by atoms with Crippen LogP contribution in [0.25, 0.3) is 0 Å². The number of hydrogen-bond donors (Lipinski definition) is 0. The van der Waals surface area contributed by atoms with Crippen LogP contribution in [-0.2, 0) is 9.59 Å². The molecule has 0 N–H and O–H groups in total. The van der Waals surface area contributed by atoms with E-state index in [0.29, 0.717) is 12.3 Å². The fraction of sp³-hybridized carbons (Fsp3) is 0.818. The fourth-order valence-electron chi connectivity index (χ4n) is 1.83. The zero-order valence-corrected chi connectivity index (χ0v) is 9.25. The summed E-state index contributed by atoms with van der Waals surface area (Å²) < 4.78 is 0. The predicted molar refractivity (Wildman–Crippen MR) is 54.8 cm³/mol. The first-order chi connectivity index (χ1) is 6.49. The van der Waals surface area contributed by atoms with Crippen LogP contribution in [0.15, 0.2) is 0 Å². The summed E-state index contributed by atoms with van der Waals surface area (Å²) in [7, 11) is 3.46. The second-order valence-electron chi connectivity index (χ2n) is 4.72. The highest BCUT2D eigenvalue weighted by Crippen LogP contribution is 2.42. The molecule has 0 bridgehead atoms. The van der Waals surface area contributed by atoms with Crippen molar-refractivity contribution in [3.8, 4) is 0 Å². The standard InChI is InChI=1S/C11H19NO2/c1-11(8-13,9-5-4-6-9)7-10(14)12(2)3/h8-9H,4-7H2,1-3H3. The molecular formula is C11H19NO2. The molecule has 0 aromatic heterocycles. The van der Waals surface area contributed by atoms with Gasteiger partial charge in [-0.05, 0) is 18.8 Å². The monoisotopic (exact) mass is 197 g/mol. The van der Waals surface area contributed by atoms with E-state index in [1.807, 2.05) is 6.92 Å². The molecule has 0 saturated heterocycles. The van der Waals surface area contributed by atoms with Crippen molar-refractivity contribution < 1.29 is 9.59 Å². The van der Waals surface area contributed by atoms with E-state index in [9.17, 15) is 9.59 Å². The van der Waals surface area contributed by atoms with Crippen molar-refractivity contribution in [3.63, 3.8) is 0 Å². The molecule has 1 aliphatic carbocycles. The highest BCUT2D eigenvalue weighted by molar-refractivity contribution is 5.80. The summed E-state index contributed by atoms with van der Waals surface area (Å²) in [6.45, 7) is 1.91. The predicted octanol–water partition coefficient (Wildman–Crippen LogP) is 1.47. The minimum absolute atomic E-state index is 0.0477. The Morgan fingerprint density at radius 3 is 2.36 bits per heavy atom. The third kappa shape index (κ3) is 2.14. The van der Waals surface area contributed by atoms with Gasteiger partial charge in [0.2, 0.25) is 5.91 Å². The lowest BCUT2D eigenvalue weighted by Crippen LogP contribution is -2.38. The molecule has 80 valence electrons. The topological polar surface area (TPSA) is 37.4 Å². The Kier molecular flexibility index (Phi) is 3.29. The van der Waals surface area contributed by atoms with E-state index in [1.165, 1.54) is 6.42 Å². The quantitative estimate of drug-likeness (QED) is 0.640. The highest BCUT2D eigenvalue weighted by atomic mass is 16.2. The average molecular weight is 197 g/mol. The molecule has 1 fully saturated rings. The van der Waals surface area contributed by atoms with Gasteiger partial charge in [0.05, 0.1) is 0 Å². The van der Waals surface area contributed by atoms with Crippen LogP contribution < -0.4 is 0 Å². The molecule has 0 aromatic carbocycles. The van der Waals surface area contributed by atoms with Gasteiger partial charge in [-0.15, -0.1) is 0 Å². The van der Waals surface area contributed by atoms with Crippen molar-refractivity contribution in [1.29, 1.82) is 0 Å². The second kappa shape index (κ2) is 4.11. The fourth-order valence-corrected chi connectivity index (χ4v) is 1.83. The minimum Gasteiger partial charge on any atom is -0.349 e. The molecule has 0 spiro atoms. The van der Waals surface area contributed by atoms with E-state index in [4.69, 9.17) is 0 Å². The van der Waals surface area contributed by atoms with Gasteiger partial charge < -0.3 is 9.69 Å². The Bertz CT molecular complexity index is 233. The number of nitrogens with zero attached hydrogens (tertiary/aromatic N) is 1. The Balaban J connectivity index is 2.60. The van der Waals surface area contributed by atoms with Gasteiger partial charge in [-0.3, -0.25) is 4.79 Å². The van der Waals surface area contributed by atoms with Crippen LogP contribution in [0.2, 0.25) is 0 Å². The van der Waals surface area contributed by atoms with Crippen molar-refractivity contribution in [2.45, 2.75) is 32.6 Å². The Morgan fingerprint density at radius 1 is 1.50 bits per heavy atom. The van der Waals surface area contributed by atoms with Crippen molar-refractivity contribution in [1.82, 2.24) is 4.90 Å². The Labute approximate surface area is 85.5 Å². The molecule has 3 nitrogen and oxygen atoms in total. The van der Waals surface area contributed by atoms with Gasteiger partial charge in [0.1, 0.15) is 6.29 Å². The summed E-state index contributed by atoms with van der Waals surface area (Å²) >= 11 is 0. The van der Waals surface area contributed by atoms with Gasteiger partial charge in [0.15, 0.2) is 0 Å². The lowest BCUT2D eigenvalue weighted by Gasteiger charge is -2.39. The molecule has 1 aliphatic rings. The van der Waals surface area contributed by atoms with Gasteiger partial charge in [-0.1, -0.05) is 13.3 Å². The first-order valence-electron chi connectivity index (χ1n) is 5.16. The largest absolute Gasteiger partial charge is 0.349 e. The summed E-state index contributed by atoms with van der Waals surface area (Å²) in [4.78, 5) is 24.1. The molecule has 3 heteroatoms. The molecule has 0 aliphatic heterocycles. The average Bonchev–Trinajstić information content (AvgIpc) is 2.00. The van der Waals surface area contributed by atoms with E-state index in [2.05, 4.69) is 0 Å². The summed E-state index contributed by atoms with van der Waals surface area (Å²) in [5.74, 6) is 0.468. The molecule has 0 aromatic rings. The maximum Gasteiger partial charge on any atom is 0.223 e. The first-order valence-corrected chi connectivity index (χ1v) is 5.16. The maximum absolute atomic E-state index is 11.5. The molecule has 14 heavy (non-hydrogen) atoms. The lowest BCUT2D eigenvalue weighted by molar-refractivity contribution is -0.136. The summed E-state index contributed by atoms with van der Waals surface area (Å²) in [6.07, 6.45) is 4.71. The Hall–Kier alpha value is -0.860. The van der Waals surface area contributed by atoms with Crippen LogP contribution in [0, 0.1) is 11.3 Å². The number of hydrogen-bond acceptors (Lipinski definition) is 2. The van der Waals surface area contributed by atoms with Crippen LogP contribution in [-0.4, -0.2) is 31.2 Å². The summed E-state index contributed by atoms with van der Waals surface area (Å²) in [5.41, 5.74) is -0.431. The third-order valence-corrected chi connectivity index (χ3v) is 3.34. The van der Waals surface area contributed by atoms with E-state index in [0.717, 1.165) is 19.1 Å². The minimum atomic E-state index is -0.431. The van der Waals surface area contributed by atoms with Crippen LogP contribution >= 0.6 is 0 Å². The number of rotatable bonds is 4. The van der Waals surface area contributed by atoms with Gasteiger partial charge >= 0.3 is 0 Å².